The maximum absolute atomic E-state index is 13.5. The molecule has 1 amide bonds. The zero-order valence-electron chi connectivity index (χ0n) is 15.6. The van der Waals surface area contributed by atoms with E-state index in [-0.39, 0.29) is 17.8 Å². The molecule has 3 aromatic rings. The summed E-state index contributed by atoms with van der Waals surface area (Å²) in [5.41, 5.74) is 4.23. The van der Waals surface area contributed by atoms with Gasteiger partial charge in [-0.3, -0.25) is 4.79 Å². The average molecular weight is 366 g/mol. The average Bonchev–Trinajstić information content (AvgIpc) is 3.24. The molecule has 0 bridgehead atoms. The fraction of sp³-hybridized carbons (Fsp3) is 0.333. The van der Waals surface area contributed by atoms with Gasteiger partial charge in [-0.05, 0) is 62.2 Å². The van der Waals surface area contributed by atoms with E-state index in [1.807, 2.05) is 36.7 Å². The lowest BCUT2D eigenvalue weighted by atomic mass is 10.1. The Morgan fingerprint density at radius 2 is 2.19 bits per heavy atom. The number of halogens is 1. The maximum Gasteiger partial charge on any atom is 0.225 e. The van der Waals surface area contributed by atoms with Crippen molar-refractivity contribution in [2.75, 3.05) is 11.9 Å². The molecular formula is C21H23FN4O. The zero-order valence-corrected chi connectivity index (χ0v) is 15.6. The van der Waals surface area contributed by atoms with Gasteiger partial charge >= 0.3 is 0 Å². The molecule has 2 N–H and O–H groups in total. The third-order valence-corrected chi connectivity index (χ3v) is 5.20. The predicted molar refractivity (Wildman–Crippen MR) is 105 cm³/mol. The Labute approximate surface area is 157 Å². The Morgan fingerprint density at radius 3 is 2.93 bits per heavy atom. The van der Waals surface area contributed by atoms with Crippen LogP contribution in [0, 0.1) is 12.7 Å². The van der Waals surface area contributed by atoms with Crippen molar-refractivity contribution in [2.24, 2.45) is 7.05 Å². The number of nitrogens with one attached hydrogen (secondary N) is 2. The van der Waals surface area contributed by atoms with Gasteiger partial charge in [-0.2, -0.15) is 0 Å². The van der Waals surface area contributed by atoms with Crippen LogP contribution in [0.4, 0.5) is 10.1 Å². The summed E-state index contributed by atoms with van der Waals surface area (Å²) in [5, 5.41) is 6.35. The Bertz CT molecular complexity index is 1000. The molecule has 1 fully saturated rings. The van der Waals surface area contributed by atoms with Crippen molar-refractivity contribution in [2.45, 2.75) is 32.2 Å². The molecule has 2 heterocycles. The molecule has 1 unspecified atom stereocenters. The summed E-state index contributed by atoms with van der Waals surface area (Å²) in [6, 6.07) is 10.7. The second kappa shape index (κ2) is 7.12. The summed E-state index contributed by atoms with van der Waals surface area (Å²) >= 11 is 0. The van der Waals surface area contributed by atoms with Gasteiger partial charge in [0.25, 0.3) is 0 Å². The number of hydrogen-bond acceptors (Lipinski definition) is 3. The molecule has 6 heteroatoms. The summed E-state index contributed by atoms with van der Waals surface area (Å²) in [4.78, 5) is 16.8. The van der Waals surface area contributed by atoms with Crippen LogP contribution in [0.2, 0.25) is 0 Å². The van der Waals surface area contributed by atoms with Gasteiger partial charge in [-0.1, -0.05) is 0 Å². The van der Waals surface area contributed by atoms with Gasteiger partial charge in [0.2, 0.25) is 5.91 Å². The Balaban J connectivity index is 1.56. The van der Waals surface area contributed by atoms with E-state index < -0.39 is 0 Å². The van der Waals surface area contributed by atoms with Crippen molar-refractivity contribution in [3.05, 3.63) is 47.8 Å². The van der Waals surface area contributed by atoms with Gasteiger partial charge in [0.15, 0.2) is 0 Å². The quantitative estimate of drug-likeness (QED) is 0.739. The van der Waals surface area contributed by atoms with E-state index in [0.29, 0.717) is 11.9 Å². The highest BCUT2D eigenvalue weighted by Gasteiger charge is 2.18. The van der Waals surface area contributed by atoms with Crippen molar-refractivity contribution in [1.82, 2.24) is 14.9 Å². The van der Waals surface area contributed by atoms with E-state index in [4.69, 9.17) is 0 Å². The number of nitrogens with zero attached hydrogens (tertiary/aromatic N) is 2. The summed E-state index contributed by atoms with van der Waals surface area (Å²) in [6.45, 7) is 2.96. The molecule has 0 saturated carbocycles. The van der Waals surface area contributed by atoms with Crippen LogP contribution in [0.15, 0.2) is 36.4 Å². The highest BCUT2D eigenvalue weighted by atomic mass is 19.1. The van der Waals surface area contributed by atoms with Gasteiger partial charge < -0.3 is 15.2 Å². The molecule has 1 aliphatic heterocycles. The monoisotopic (exact) mass is 366 g/mol. The summed E-state index contributed by atoms with van der Waals surface area (Å²) < 4.78 is 15.4. The first kappa shape index (κ1) is 17.7. The first-order valence-corrected chi connectivity index (χ1v) is 9.27. The van der Waals surface area contributed by atoms with Gasteiger partial charge in [0.1, 0.15) is 11.6 Å². The molecule has 4 rings (SSSR count). The van der Waals surface area contributed by atoms with E-state index in [1.54, 1.807) is 6.07 Å². The molecule has 1 aliphatic rings. The fourth-order valence-corrected chi connectivity index (χ4v) is 3.73. The third kappa shape index (κ3) is 3.57. The predicted octanol–water partition coefficient (Wildman–Crippen LogP) is 3.77. The maximum atomic E-state index is 13.5. The Hall–Kier alpha value is -2.73. The molecule has 2 aromatic carbocycles. The molecule has 0 spiro atoms. The topological polar surface area (TPSA) is 59.0 Å². The lowest BCUT2D eigenvalue weighted by Gasteiger charge is -2.13. The molecule has 140 valence electrons. The van der Waals surface area contributed by atoms with E-state index in [9.17, 15) is 9.18 Å². The van der Waals surface area contributed by atoms with Crippen LogP contribution >= 0.6 is 0 Å². The van der Waals surface area contributed by atoms with Crippen LogP contribution < -0.4 is 10.6 Å². The smallest absolute Gasteiger partial charge is 0.225 e. The third-order valence-electron chi connectivity index (χ3n) is 5.20. The largest absolute Gasteiger partial charge is 0.327 e. The van der Waals surface area contributed by atoms with Crippen molar-refractivity contribution in [3.8, 4) is 11.4 Å². The highest BCUT2D eigenvalue weighted by Crippen LogP contribution is 2.27. The molecule has 1 atom stereocenters. The number of imidazole rings is 1. The summed E-state index contributed by atoms with van der Waals surface area (Å²) in [5.74, 6) is 0.508. The highest BCUT2D eigenvalue weighted by molar-refractivity contribution is 5.92. The second-order valence-corrected chi connectivity index (χ2v) is 7.20. The molecule has 1 aromatic heterocycles. The van der Waals surface area contributed by atoms with Crippen molar-refractivity contribution in [3.63, 3.8) is 0 Å². The normalized spacial score (nSPS) is 16.8. The van der Waals surface area contributed by atoms with E-state index in [2.05, 4.69) is 15.6 Å². The van der Waals surface area contributed by atoms with E-state index in [0.717, 1.165) is 47.5 Å². The minimum Gasteiger partial charge on any atom is -0.327 e. The lowest BCUT2D eigenvalue weighted by molar-refractivity contribution is -0.116. The minimum atomic E-state index is -0.293. The number of hydrogen-bond donors (Lipinski definition) is 2. The van der Waals surface area contributed by atoms with Gasteiger partial charge in [-0.25, -0.2) is 9.37 Å². The first-order valence-electron chi connectivity index (χ1n) is 9.27. The van der Waals surface area contributed by atoms with Crippen molar-refractivity contribution in [1.29, 1.82) is 0 Å². The van der Waals surface area contributed by atoms with Crippen LogP contribution in [-0.2, 0) is 11.8 Å². The molecule has 0 aliphatic carbocycles. The number of carbonyl (C=O) groups is 1. The first-order chi connectivity index (χ1) is 13.0. The fourth-order valence-electron chi connectivity index (χ4n) is 3.73. The summed E-state index contributed by atoms with van der Waals surface area (Å²) in [6.07, 6.45) is 2.68. The summed E-state index contributed by atoms with van der Waals surface area (Å²) in [7, 11) is 1.92. The Morgan fingerprint density at radius 1 is 1.33 bits per heavy atom. The number of anilines is 1. The van der Waals surface area contributed by atoms with Crippen LogP contribution in [0.5, 0.6) is 0 Å². The number of benzene rings is 2. The van der Waals surface area contributed by atoms with E-state index >= 15 is 0 Å². The molecule has 0 radical (unpaired) electrons. The number of aryl methyl sites for hydroxylation is 2. The van der Waals surface area contributed by atoms with Gasteiger partial charge in [0, 0.05) is 36.8 Å². The number of fused-ring (bicyclic) bond motifs is 1. The van der Waals surface area contributed by atoms with Gasteiger partial charge in [-0.15, -0.1) is 0 Å². The van der Waals surface area contributed by atoms with Crippen LogP contribution in [0.1, 0.15) is 24.8 Å². The van der Waals surface area contributed by atoms with E-state index in [1.165, 1.54) is 12.1 Å². The number of amides is 1. The molecule has 5 nitrogen and oxygen atoms in total. The second-order valence-electron chi connectivity index (χ2n) is 7.20. The lowest BCUT2D eigenvalue weighted by Crippen LogP contribution is -2.27. The van der Waals surface area contributed by atoms with Crippen LogP contribution in [0.25, 0.3) is 22.4 Å². The van der Waals surface area contributed by atoms with Crippen molar-refractivity contribution >= 4 is 22.6 Å². The molecular weight excluding hydrogens is 343 g/mol. The zero-order chi connectivity index (χ0) is 19.0. The van der Waals surface area contributed by atoms with Crippen molar-refractivity contribution < 1.29 is 9.18 Å². The van der Waals surface area contributed by atoms with Crippen LogP contribution in [-0.4, -0.2) is 28.0 Å². The standard InChI is InChI=1S/C21H23FN4O/c1-13-10-14(21-25-18-11-15(22)6-8-19(18)26(21)2)5-7-17(13)24-20(27)12-16-4-3-9-23-16/h5-8,10-11,16,23H,3-4,9,12H2,1-2H3,(H,24,27). The number of rotatable bonds is 4. The van der Waals surface area contributed by atoms with Crippen LogP contribution in [0.3, 0.4) is 0 Å². The Kier molecular flexibility index (Phi) is 4.66. The number of aromatic nitrogens is 2. The molecule has 27 heavy (non-hydrogen) atoms. The minimum absolute atomic E-state index is 0.0310. The molecule has 1 saturated heterocycles. The SMILES string of the molecule is Cc1cc(-c2nc3cc(F)ccc3n2C)ccc1NC(=O)CC1CCCN1. The van der Waals surface area contributed by atoms with Gasteiger partial charge in [0.05, 0.1) is 11.0 Å². The number of carbonyl (C=O) groups excluding carboxylic acids is 1.